The topological polar surface area (TPSA) is 74.7 Å². The van der Waals surface area contributed by atoms with Crippen molar-refractivity contribution < 1.29 is 19.6 Å². The summed E-state index contributed by atoms with van der Waals surface area (Å²) in [7, 11) is 0. The van der Waals surface area contributed by atoms with Crippen molar-refractivity contribution in [1.82, 2.24) is 5.06 Å². The molecule has 0 aliphatic carbocycles. The van der Waals surface area contributed by atoms with E-state index in [4.69, 9.17) is 5.21 Å². The van der Waals surface area contributed by atoms with Gasteiger partial charge >= 0.3 is 0 Å². The van der Waals surface area contributed by atoms with E-state index in [1.807, 2.05) is 0 Å². The van der Waals surface area contributed by atoms with Gasteiger partial charge in [0, 0.05) is 5.56 Å². The second-order valence-electron chi connectivity index (χ2n) is 2.81. The van der Waals surface area contributed by atoms with Gasteiger partial charge in [0.25, 0.3) is 11.8 Å². The molecule has 0 spiro atoms. The average Bonchev–Trinajstić information content (AvgIpc) is 2.44. The van der Waals surface area contributed by atoms with Crippen molar-refractivity contribution >= 4 is 18.1 Å². The van der Waals surface area contributed by atoms with Crippen LogP contribution in [0.4, 0.5) is 0 Å². The van der Waals surface area contributed by atoms with Crippen LogP contribution >= 0.6 is 0 Å². The lowest BCUT2D eigenvalue weighted by Crippen LogP contribution is -2.25. The number of carbonyl (C=O) groups excluding carboxylic acids is 3. The van der Waals surface area contributed by atoms with Gasteiger partial charge in [0.2, 0.25) is 0 Å². The molecular formula is C9H5NO4. The molecule has 1 heterocycles. The van der Waals surface area contributed by atoms with Crippen molar-refractivity contribution in [2.45, 2.75) is 0 Å². The fraction of sp³-hybridized carbons (Fsp3) is 0. The molecule has 2 rings (SSSR count). The van der Waals surface area contributed by atoms with Gasteiger partial charge in [-0.1, -0.05) is 12.1 Å². The van der Waals surface area contributed by atoms with Gasteiger partial charge in [-0.15, -0.1) is 5.06 Å². The highest BCUT2D eigenvalue weighted by atomic mass is 16.5. The van der Waals surface area contributed by atoms with Gasteiger partial charge in [0.15, 0.2) is 6.29 Å². The van der Waals surface area contributed by atoms with Crippen LogP contribution in [-0.4, -0.2) is 28.4 Å². The Hall–Kier alpha value is -2.01. The Balaban J connectivity index is 2.75. The first-order chi connectivity index (χ1) is 6.66. The minimum Gasteiger partial charge on any atom is -0.298 e. The maximum absolute atomic E-state index is 11.3. The molecule has 0 saturated carbocycles. The van der Waals surface area contributed by atoms with E-state index >= 15 is 0 Å². The minimum atomic E-state index is -0.854. The number of hydroxylamine groups is 2. The summed E-state index contributed by atoms with van der Waals surface area (Å²) in [5, 5.41) is 9.04. The molecule has 0 aromatic heterocycles. The second-order valence-corrected chi connectivity index (χ2v) is 2.81. The van der Waals surface area contributed by atoms with Gasteiger partial charge in [-0.2, -0.15) is 0 Å². The molecule has 0 fully saturated rings. The molecule has 5 nitrogen and oxygen atoms in total. The van der Waals surface area contributed by atoms with Crippen LogP contribution in [0, 0.1) is 0 Å². The molecule has 1 N–H and O–H groups in total. The number of hydrogen-bond donors (Lipinski definition) is 1. The maximum Gasteiger partial charge on any atom is 0.286 e. The second kappa shape index (κ2) is 2.74. The normalized spacial score (nSPS) is 14.5. The monoisotopic (exact) mass is 191 g/mol. The summed E-state index contributed by atoms with van der Waals surface area (Å²) in [6.07, 6.45) is 0.475. The predicted molar refractivity (Wildman–Crippen MR) is 44.1 cm³/mol. The lowest BCUT2D eigenvalue weighted by atomic mass is 10.0. The summed E-state index contributed by atoms with van der Waals surface area (Å²) in [5.74, 6) is -1.65. The molecule has 0 saturated heterocycles. The number of amides is 2. The number of rotatable bonds is 1. The average molecular weight is 191 g/mol. The third kappa shape index (κ3) is 0.898. The number of nitrogens with zero attached hydrogens (tertiary/aromatic N) is 1. The van der Waals surface area contributed by atoms with E-state index in [1.54, 1.807) is 0 Å². The third-order valence-electron chi connectivity index (χ3n) is 2.05. The van der Waals surface area contributed by atoms with Gasteiger partial charge < -0.3 is 0 Å². The SMILES string of the molecule is O=Cc1cccc2c1C(=O)N(O)C2=O. The fourth-order valence-electron chi connectivity index (χ4n) is 1.40. The molecule has 5 heteroatoms. The van der Waals surface area contributed by atoms with Crippen LogP contribution < -0.4 is 0 Å². The summed E-state index contributed by atoms with van der Waals surface area (Å²) in [6.45, 7) is 0. The molecule has 1 aliphatic heterocycles. The smallest absolute Gasteiger partial charge is 0.286 e. The molecule has 0 bridgehead atoms. The predicted octanol–water partition coefficient (Wildman–Crippen LogP) is 0.484. The Morgan fingerprint density at radius 1 is 1.21 bits per heavy atom. The minimum absolute atomic E-state index is 0.0116. The quantitative estimate of drug-likeness (QED) is 0.398. The molecule has 0 atom stereocenters. The highest BCUT2D eigenvalue weighted by molar-refractivity contribution is 6.22. The fourth-order valence-corrected chi connectivity index (χ4v) is 1.40. The number of fused-ring (bicyclic) bond motifs is 1. The van der Waals surface area contributed by atoms with Crippen molar-refractivity contribution in [3.8, 4) is 0 Å². The van der Waals surface area contributed by atoms with Crippen LogP contribution in [0.1, 0.15) is 31.1 Å². The van der Waals surface area contributed by atoms with E-state index in [0.717, 1.165) is 0 Å². The summed E-state index contributed by atoms with van der Waals surface area (Å²) < 4.78 is 0. The summed E-state index contributed by atoms with van der Waals surface area (Å²) in [4.78, 5) is 33.1. The van der Waals surface area contributed by atoms with Crippen LogP contribution in [0.3, 0.4) is 0 Å². The molecule has 70 valence electrons. The highest BCUT2D eigenvalue weighted by Crippen LogP contribution is 2.23. The molecular weight excluding hydrogens is 186 g/mol. The standard InChI is InChI=1S/C9H5NO4/c11-4-5-2-1-3-6-7(5)9(13)10(14)8(6)12/h1-4,14H. The van der Waals surface area contributed by atoms with E-state index < -0.39 is 11.8 Å². The van der Waals surface area contributed by atoms with E-state index in [1.165, 1.54) is 18.2 Å². The molecule has 1 aromatic carbocycles. The molecule has 14 heavy (non-hydrogen) atoms. The van der Waals surface area contributed by atoms with Crippen LogP contribution in [0.5, 0.6) is 0 Å². The summed E-state index contributed by atoms with van der Waals surface area (Å²) in [6, 6.07) is 4.28. The van der Waals surface area contributed by atoms with E-state index in [-0.39, 0.29) is 21.8 Å². The molecule has 0 radical (unpaired) electrons. The number of hydrogen-bond acceptors (Lipinski definition) is 4. The van der Waals surface area contributed by atoms with E-state index in [2.05, 4.69) is 0 Å². The zero-order valence-corrected chi connectivity index (χ0v) is 6.93. The van der Waals surface area contributed by atoms with Crippen molar-refractivity contribution in [2.24, 2.45) is 0 Å². The Labute approximate surface area is 78.5 Å². The van der Waals surface area contributed by atoms with E-state index in [0.29, 0.717) is 6.29 Å². The van der Waals surface area contributed by atoms with Crippen molar-refractivity contribution in [1.29, 1.82) is 0 Å². The lowest BCUT2D eigenvalue weighted by molar-refractivity contribution is -0.0327. The van der Waals surface area contributed by atoms with Crippen molar-refractivity contribution in [2.75, 3.05) is 0 Å². The zero-order valence-electron chi connectivity index (χ0n) is 6.93. The van der Waals surface area contributed by atoms with Gasteiger partial charge in [-0.25, -0.2) is 0 Å². The molecule has 0 unspecified atom stereocenters. The zero-order chi connectivity index (χ0) is 10.3. The molecule has 2 amide bonds. The third-order valence-corrected chi connectivity index (χ3v) is 2.05. The van der Waals surface area contributed by atoms with Crippen LogP contribution in [0.25, 0.3) is 0 Å². The Kier molecular flexibility index (Phi) is 1.68. The van der Waals surface area contributed by atoms with Gasteiger partial charge in [0.05, 0.1) is 11.1 Å². The van der Waals surface area contributed by atoms with E-state index in [9.17, 15) is 14.4 Å². The number of aldehydes is 1. The number of carbonyl (C=O) groups is 3. The first kappa shape index (κ1) is 8.58. The summed E-state index contributed by atoms with van der Waals surface area (Å²) in [5.41, 5.74) is 0.134. The van der Waals surface area contributed by atoms with Crippen LogP contribution in [-0.2, 0) is 0 Å². The molecule has 1 aromatic rings. The first-order valence-corrected chi connectivity index (χ1v) is 3.82. The Morgan fingerprint density at radius 2 is 1.93 bits per heavy atom. The van der Waals surface area contributed by atoms with Crippen molar-refractivity contribution in [3.63, 3.8) is 0 Å². The van der Waals surface area contributed by atoms with Gasteiger partial charge in [-0.05, 0) is 6.07 Å². The Morgan fingerprint density at radius 3 is 2.57 bits per heavy atom. The van der Waals surface area contributed by atoms with Crippen molar-refractivity contribution in [3.05, 3.63) is 34.9 Å². The highest BCUT2D eigenvalue weighted by Gasteiger charge is 2.36. The first-order valence-electron chi connectivity index (χ1n) is 3.82. The Bertz CT molecular complexity index is 452. The summed E-state index contributed by atoms with van der Waals surface area (Å²) >= 11 is 0. The lowest BCUT2D eigenvalue weighted by Gasteiger charge is -2.00. The molecule has 1 aliphatic rings. The van der Waals surface area contributed by atoms with Crippen LogP contribution in [0.15, 0.2) is 18.2 Å². The van der Waals surface area contributed by atoms with Crippen LogP contribution in [0.2, 0.25) is 0 Å². The number of imide groups is 1. The largest absolute Gasteiger partial charge is 0.298 e. The van der Waals surface area contributed by atoms with Gasteiger partial charge in [0.1, 0.15) is 0 Å². The maximum atomic E-state index is 11.3. The van der Waals surface area contributed by atoms with Gasteiger partial charge in [-0.3, -0.25) is 19.6 Å². The number of benzene rings is 1.